The van der Waals surface area contributed by atoms with Crippen molar-refractivity contribution >= 4 is 0 Å². The highest BCUT2D eigenvalue weighted by Gasteiger charge is 2.26. The van der Waals surface area contributed by atoms with Crippen molar-refractivity contribution < 1.29 is 4.74 Å². The van der Waals surface area contributed by atoms with Crippen LogP contribution in [-0.4, -0.2) is 5.60 Å². The minimum atomic E-state index is -0.145. The zero-order chi connectivity index (χ0) is 9.90. The first-order valence-corrected chi connectivity index (χ1v) is 4.71. The molecule has 0 bridgehead atoms. The molecule has 72 valence electrons. The number of ether oxygens (including phenoxy) is 1. The Morgan fingerprint density at radius 3 is 2.77 bits per heavy atom. The molecule has 0 saturated heterocycles. The molecule has 0 spiro atoms. The van der Waals surface area contributed by atoms with Gasteiger partial charge in [-0.3, -0.25) is 0 Å². The van der Waals surface area contributed by atoms with Gasteiger partial charge in [0.1, 0.15) is 5.60 Å². The molecule has 0 saturated carbocycles. The van der Waals surface area contributed by atoms with E-state index in [1.165, 1.54) is 11.8 Å². The first-order chi connectivity index (χ1) is 6.07. The SMILES string of the molecule is C=CO[C@]1(C)C=C[C@H](C(=C)C)CC1. The topological polar surface area (TPSA) is 9.23 Å². The largest absolute Gasteiger partial charge is 0.492 e. The van der Waals surface area contributed by atoms with Crippen LogP contribution in [0.3, 0.4) is 0 Å². The molecule has 0 heterocycles. The molecule has 0 N–H and O–H groups in total. The van der Waals surface area contributed by atoms with E-state index in [9.17, 15) is 0 Å². The van der Waals surface area contributed by atoms with Crippen LogP contribution in [0.4, 0.5) is 0 Å². The van der Waals surface area contributed by atoms with Gasteiger partial charge in [-0.1, -0.05) is 24.8 Å². The van der Waals surface area contributed by atoms with Crippen molar-refractivity contribution in [3.05, 3.63) is 37.1 Å². The Kier molecular flexibility index (Phi) is 2.97. The Hall–Kier alpha value is -0.980. The fourth-order valence-corrected chi connectivity index (χ4v) is 1.64. The van der Waals surface area contributed by atoms with Gasteiger partial charge in [0.05, 0.1) is 6.26 Å². The van der Waals surface area contributed by atoms with Gasteiger partial charge in [0, 0.05) is 0 Å². The van der Waals surface area contributed by atoms with Crippen LogP contribution in [0.1, 0.15) is 26.7 Å². The normalized spacial score (nSPS) is 32.6. The van der Waals surface area contributed by atoms with Crippen molar-refractivity contribution in [2.45, 2.75) is 32.3 Å². The van der Waals surface area contributed by atoms with E-state index in [2.05, 4.69) is 39.2 Å². The van der Waals surface area contributed by atoms with Crippen LogP contribution in [0, 0.1) is 5.92 Å². The van der Waals surface area contributed by atoms with E-state index in [-0.39, 0.29) is 5.60 Å². The molecule has 0 aromatic carbocycles. The van der Waals surface area contributed by atoms with Crippen LogP contribution in [0.2, 0.25) is 0 Å². The van der Waals surface area contributed by atoms with E-state index in [1.807, 2.05) is 0 Å². The van der Waals surface area contributed by atoms with E-state index < -0.39 is 0 Å². The first-order valence-electron chi connectivity index (χ1n) is 4.71. The van der Waals surface area contributed by atoms with Crippen molar-refractivity contribution in [3.63, 3.8) is 0 Å². The molecule has 0 radical (unpaired) electrons. The third kappa shape index (κ3) is 2.48. The van der Waals surface area contributed by atoms with E-state index in [0.717, 1.165) is 12.8 Å². The maximum atomic E-state index is 5.45. The third-order valence-electron chi connectivity index (χ3n) is 2.62. The fraction of sp³-hybridized carbons (Fsp3) is 0.500. The molecule has 0 aromatic heterocycles. The zero-order valence-corrected chi connectivity index (χ0v) is 8.55. The molecule has 0 aromatic rings. The maximum absolute atomic E-state index is 5.45. The summed E-state index contributed by atoms with van der Waals surface area (Å²) in [7, 11) is 0. The van der Waals surface area contributed by atoms with Gasteiger partial charge in [0.15, 0.2) is 0 Å². The van der Waals surface area contributed by atoms with Crippen molar-refractivity contribution in [1.29, 1.82) is 0 Å². The lowest BCUT2D eigenvalue weighted by molar-refractivity contribution is 0.0684. The van der Waals surface area contributed by atoms with Crippen LogP contribution in [0.15, 0.2) is 37.1 Å². The summed E-state index contributed by atoms with van der Waals surface area (Å²) in [5, 5.41) is 0. The van der Waals surface area contributed by atoms with Gasteiger partial charge in [0.25, 0.3) is 0 Å². The summed E-state index contributed by atoms with van der Waals surface area (Å²) in [5.41, 5.74) is 1.09. The maximum Gasteiger partial charge on any atom is 0.123 e. The van der Waals surface area contributed by atoms with E-state index in [4.69, 9.17) is 4.74 Å². The number of allylic oxidation sites excluding steroid dienone is 2. The highest BCUT2D eigenvalue weighted by atomic mass is 16.5. The molecule has 1 heteroatoms. The van der Waals surface area contributed by atoms with Crippen molar-refractivity contribution in [2.75, 3.05) is 0 Å². The van der Waals surface area contributed by atoms with Crippen LogP contribution in [-0.2, 0) is 4.74 Å². The van der Waals surface area contributed by atoms with Gasteiger partial charge in [-0.2, -0.15) is 0 Å². The van der Waals surface area contributed by atoms with Gasteiger partial charge in [-0.25, -0.2) is 0 Å². The second kappa shape index (κ2) is 3.82. The van der Waals surface area contributed by atoms with E-state index in [1.54, 1.807) is 0 Å². The average molecular weight is 178 g/mol. The Morgan fingerprint density at radius 2 is 2.38 bits per heavy atom. The summed E-state index contributed by atoms with van der Waals surface area (Å²) < 4.78 is 5.45. The molecule has 0 amide bonds. The molecule has 1 aliphatic carbocycles. The third-order valence-corrected chi connectivity index (χ3v) is 2.62. The van der Waals surface area contributed by atoms with Crippen LogP contribution in [0.25, 0.3) is 0 Å². The molecule has 2 atom stereocenters. The molecule has 1 aliphatic rings. The van der Waals surface area contributed by atoms with E-state index in [0.29, 0.717) is 5.92 Å². The summed E-state index contributed by atoms with van der Waals surface area (Å²) in [5.74, 6) is 0.529. The molecule has 0 fully saturated rings. The Balaban J connectivity index is 2.65. The second-order valence-corrected chi connectivity index (χ2v) is 3.95. The van der Waals surface area contributed by atoms with Gasteiger partial charge in [-0.15, -0.1) is 0 Å². The lowest BCUT2D eigenvalue weighted by Gasteiger charge is -2.31. The molecular weight excluding hydrogens is 160 g/mol. The fourth-order valence-electron chi connectivity index (χ4n) is 1.64. The smallest absolute Gasteiger partial charge is 0.123 e. The van der Waals surface area contributed by atoms with Crippen molar-refractivity contribution in [2.24, 2.45) is 5.92 Å². The quantitative estimate of drug-likeness (QED) is 0.475. The molecule has 1 rings (SSSR count). The molecular formula is C12H18O. The highest BCUT2D eigenvalue weighted by Crippen LogP contribution is 2.31. The summed E-state index contributed by atoms with van der Waals surface area (Å²) in [6.07, 6.45) is 7.99. The van der Waals surface area contributed by atoms with Crippen LogP contribution >= 0.6 is 0 Å². The Bertz CT molecular complexity index is 240. The van der Waals surface area contributed by atoms with E-state index >= 15 is 0 Å². The average Bonchev–Trinajstić information content (AvgIpc) is 2.05. The zero-order valence-electron chi connectivity index (χ0n) is 8.55. The van der Waals surface area contributed by atoms with Crippen LogP contribution in [0.5, 0.6) is 0 Å². The highest BCUT2D eigenvalue weighted by molar-refractivity contribution is 5.15. The Labute approximate surface area is 80.8 Å². The molecule has 1 nitrogen and oxygen atoms in total. The van der Waals surface area contributed by atoms with Gasteiger partial charge in [-0.05, 0) is 38.7 Å². The number of rotatable bonds is 3. The van der Waals surface area contributed by atoms with Crippen molar-refractivity contribution in [1.82, 2.24) is 0 Å². The Morgan fingerprint density at radius 1 is 1.69 bits per heavy atom. The minimum absolute atomic E-state index is 0.145. The van der Waals surface area contributed by atoms with Crippen molar-refractivity contribution in [3.8, 4) is 0 Å². The second-order valence-electron chi connectivity index (χ2n) is 3.95. The first kappa shape index (κ1) is 10.1. The monoisotopic (exact) mass is 178 g/mol. The predicted octanol–water partition coefficient (Wildman–Crippen LogP) is 3.45. The molecule has 0 aliphatic heterocycles. The molecule has 0 unspecified atom stereocenters. The lowest BCUT2D eigenvalue weighted by atomic mass is 9.83. The van der Waals surface area contributed by atoms with Crippen LogP contribution < -0.4 is 0 Å². The molecule has 13 heavy (non-hydrogen) atoms. The lowest BCUT2D eigenvalue weighted by Crippen LogP contribution is -2.28. The van der Waals surface area contributed by atoms with Gasteiger partial charge >= 0.3 is 0 Å². The summed E-state index contributed by atoms with van der Waals surface area (Å²) in [4.78, 5) is 0. The predicted molar refractivity (Wildman–Crippen MR) is 56.4 cm³/mol. The number of hydrogen-bond donors (Lipinski definition) is 0. The number of hydrogen-bond acceptors (Lipinski definition) is 1. The van der Waals surface area contributed by atoms with Gasteiger partial charge < -0.3 is 4.74 Å². The summed E-state index contributed by atoms with van der Waals surface area (Å²) >= 11 is 0. The standard InChI is InChI=1S/C12H18O/c1-5-13-12(4)8-6-11(7-9-12)10(2)3/h5-6,8,11H,1-2,7,9H2,3-4H3/t11-,12+/m0/s1. The van der Waals surface area contributed by atoms with Gasteiger partial charge in [0.2, 0.25) is 0 Å². The summed E-state index contributed by atoms with van der Waals surface area (Å²) in [6, 6.07) is 0. The minimum Gasteiger partial charge on any atom is -0.492 e. The summed E-state index contributed by atoms with van der Waals surface area (Å²) in [6.45, 7) is 11.7.